The van der Waals surface area contributed by atoms with Crippen LogP contribution in [0.3, 0.4) is 0 Å². The fraction of sp³-hybridized carbons (Fsp3) is 0.250. The Morgan fingerprint density at radius 1 is 1.11 bits per heavy atom. The maximum Gasteiger partial charge on any atom is 0.148 e. The summed E-state index contributed by atoms with van der Waals surface area (Å²) in [6.45, 7) is 3.61. The van der Waals surface area contributed by atoms with Crippen LogP contribution in [0.25, 0.3) is 0 Å². The van der Waals surface area contributed by atoms with E-state index in [1.807, 2.05) is 23.1 Å². The Balaban J connectivity index is 2.24. The molecule has 2 rings (SSSR count). The van der Waals surface area contributed by atoms with E-state index in [1.165, 1.54) is 11.6 Å². The normalized spacial score (nSPS) is 10.4. The third-order valence-electron chi connectivity index (χ3n) is 3.02. The van der Waals surface area contributed by atoms with Gasteiger partial charge in [-0.2, -0.15) is 0 Å². The fourth-order valence-corrected chi connectivity index (χ4v) is 2.14. The number of anilines is 2. The predicted octanol–water partition coefficient (Wildman–Crippen LogP) is 3.82. The molecular weight excluding hydrogens is 239 g/mol. The first-order valence-corrected chi connectivity index (χ1v) is 6.54. The van der Waals surface area contributed by atoms with Crippen molar-refractivity contribution in [1.29, 1.82) is 0 Å². The van der Waals surface area contributed by atoms with Crippen molar-refractivity contribution in [3.05, 3.63) is 59.9 Å². The zero-order valence-corrected chi connectivity index (χ0v) is 11.1. The lowest BCUT2D eigenvalue weighted by Crippen LogP contribution is -2.24. The number of nitrogens with zero attached hydrogens (tertiary/aromatic N) is 1. The zero-order chi connectivity index (χ0) is 13.7. The molecule has 0 aromatic heterocycles. The van der Waals surface area contributed by atoms with Gasteiger partial charge in [0.2, 0.25) is 0 Å². The highest BCUT2D eigenvalue weighted by Gasteiger charge is 2.11. The molecule has 0 radical (unpaired) electrons. The van der Waals surface area contributed by atoms with Crippen LogP contribution in [0.2, 0.25) is 0 Å². The third-order valence-corrected chi connectivity index (χ3v) is 3.02. The Labute approximate surface area is 113 Å². The van der Waals surface area contributed by atoms with Gasteiger partial charge in [-0.25, -0.2) is 4.39 Å². The first-order chi connectivity index (χ1) is 9.20. The number of nitrogens with two attached hydrogens (primary N) is 1. The van der Waals surface area contributed by atoms with E-state index in [9.17, 15) is 4.39 Å². The monoisotopic (exact) mass is 258 g/mol. The van der Waals surface area contributed by atoms with Gasteiger partial charge in [0, 0.05) is 18.8 Å². The molecule has 2 aromatic rings. The SMILES string of the molecule is CCCN(Cc1ccccc1)c1ccc(N)cc1F. The summed E-state index contributed by atoms with van der Waals surface area (Å²) in [4.78, 5) is 2.05. The standard InChI is InChI=1S/C16H19FN2/c1-2-10-19(12-13-6-4-3-5-7-13)16-9-8-14(18)11-15(16)17/h3-9,11H,2,10,12,18H2,1H3. The second kappa shape index (κ2) is 6.23. The molecule has 19 heavy (non-hydrogen) atoms. The Morgan fingerprint density at radius 2 is 1.84 bits per heavy atom. The van der Waals surface area contributed by atoms with Crippen LogP contribution in [0.15, 0.2) is 48.5 Å². The summed E-state index contributed by atoms with van der Waals surface area (Å²) >= 11 is 0. The highest BCUT2D eigenvalue weighted by Crippen LogP contribution is 2.23. The second-order valence-corrected chi connectivity index (χ2v) is 4.62. The van der Waals surface area contributed by atoms with Gasteiger partial charge < -0.3 is 10.6 Å². The van der Waals surface area contributed by atoms with E-state index in [4.69, 9.17) is 5.73 Å². The molecule has 0 aliphatic heterocycles. The van der Waals surface area contributed by atoms with Gasteiger partial charge in [0.05, 0.1) is 5.69 Å². The van der Waals surface area contributed by atoms with Gasteiger partial charge in [0.15, 0.2) is 0 Å². The molecule has 0 unspecified atom stereocenters. The van der Waals surface area contributed by atoms with Crippen LogP contribution < -0.4 is 10.6 Å². The van der Waals surface area contributed by atoms with Gasteiger partial charge in [0.25, 0.3) is 0 Å². The van der Waals surface area contributed by atoms with Crippen molar-refractivity contribution in [2.45, 2.75) is 19.9 Å². The van der Waals surface area contributed by atoms with Crippen molar-refractivity contribution in [3.8, 4) is 0 Å². The molecule has 2 aromatic carbocycles. The molecule has 0 heterocycles. The van der Waals surface area contributed by atoms with Crippen LogP contribution in [0, 0.1) is 5.82 Å². The summed E-state index contributed by atoms with van der Waals surface area (Å²) in [7, 11) is 0. The maximum atomic E-state index is 14.0. The van der Waals surface area contributed by atoms with E-state index in [-0.39, 0.29) is 5.82 Å². The molecule has 0 bridgehead atoms. The zero-order valence-electron chi connectivity index (χ0n) is 11.1. The molecule has 2 N–H and O–H groups in total. The molecule has 0 fully saturated rings. The minimum atomic E-state index is -0.260. The quantitative estimate of drug-likeness (QED) is 0.826. The number of hydrogen-bond acceptors (Lipinski definition) is 2. The lowest BCUT2D eigenvalue weighted by molar-refractivity contribution is 0.615. The first-order valence-electron chi connectivity index (χ1n) is 6.54. The maximum absolute atomic E-state index is 14.0. The number of rotatable bonds is 5. The topological polar surface area (TPSA) is 29.3 Å². The lowest BCUT2D eigenvalue weighted by atomic mass is 10.1. The molecule has 3 heteroatoms. The molecule has 0 aliphatic rings. The molecule has 0 spiro atoms. The summed E-state index contributed by atoms with van der Waals surface area (Å²) in [5.74, 6) is -0.260. The van der Waals surface area contributed by atoms with Crippen molar-refractivity contribution in [2.75, 3.05) is 17.2 Å². The number of hydrogen-bond donors (Lipinski definition) is 1. The van der Waals surface area contributed by atoms with Crippen LogP contribution in [0.5, 0.6) is 0 Å². The summed E-state index contributed by atoms with van der Waals surface area (Å²) in [5, 5.41) is 0. The summed E-state index contributed by atoms with van der Waals surface area (Å²) in [6.07, 6.45) is 0.969. The molecule has 0 aliphatic carbocycles. The van der Waals surface area contributed by atoms with Crippen molar-refractivity contribution in [3.63, 3.8) is 0 Å². The van der Waals surface area contributed by atoms with Gasteiger partial charge >= 0.3 is 0 Å². The van der Waals surface area contributed by atoms with Gasteiger partial charge in [0.1, 0.15) is 5.82 Å². The molecule has 100 valence electrons. The number of nitrogen functional groups attached to an aromatic ring is 1. The van der Waals surface area contributed by atoms with Crippen LogP contribution in [-0.2, 0) is 6.54 Å². The highest BCUT2D eigenvalue weighted by atomic mass is 19.1. The van der Waals surface area contributed by atoms with Crippen molar-refractivity contribution >= 4 is 11.4 Å². The van der Waals surface area contributed by atoms with Gasteiger partial charge in [-0.05, 0) is 30.2 Å². The van der Waals surface area contributed by atoms with Crippen LogP contribution >= 0.6 is 0 Å². The van der Waals surface area contributed by atoms with Gasteiger partial charge in [-0.3, -0.25) is 0 Å². The molecule has 0 amide bonds. The Hall–Kier alpha value is -2.03. The van der Waals surface area contributed by atoms with E-state index >= 15 is 0 Å². The van der Waals surface area contributed by atoms with Crippen LogP contribution in [-0.4, -0.2) is 6.54 Å². The highest BCUT2D eigenvalue weighted by molar-refractivity contribution is 5.54. The number of halogens is 1. The van der Waals surface area contributed by atoms with E-state index < -0.39 is 0 Å². The van der Waals surface area contributed by atoms with E-state index in [0.717, 1.165) is 13.0 Å². The van der Waals surface area contributed by atoms with Gasteiger partial charge in [-0.15, -0.1) is 0 Å². The first kappa shape index (κ1) is 13.4. The van der Waals surface area contributed by atoms with Crippen LogP contribution in [0.4, 0.5) is 15.8 Å². The predicted molar refractivity (Wildman–Crippen MR) is 78.6 cm³/mol. The largest absolute Gasteiger partial charge is 0.399 e. The van der Waals surface area contributed by atoms with Gasteiger partial charge in [-0.1, -0.05) is 37.3 Å². The molecular formula is C16H19FN2. The van der Waals surface area contributed by atoms with Crippen molar-refractivity contribution in [1.82, 2.24) is 0 Å². The molecule has 2 nitrogen and oxygen atoms in total. The second-order valence-electron chi connectivity index (χ2n) is 4.62. The summed E-state index contributed by atoms with van der Waals surface area (Å²) in [6, 6.07) is 15.0. The van der Waals surface area contributed by atoms with Crippen LogP contribution in [0.1, 0.15) is 18.9 Å². The van der Waals surface area contributed by atoms with Crippen molar-refractivity contribution in [2.24, 2.45) is 0 Å². The Morgan fingerprint density at radius 3 is 2.47 bits per heavy atom. The van der Waals surface area contributed by atoms with Crippen molar-refractivity contribution < 1.29 is 4.39 Å². The average Bonchev–Trinajstić information content (AvgIpc) is 2.39. The summed E-state index contributed by atoms with van der Waals surface area (Å²) in [5.41, 5.74) is 7.84. The fourth-order valence-electron chi connectivity index (χ4n) is 2.14. The summed E-state index contributed by atoms with van der Waals surface area (Å²) < 4.78 is 14.0. The molecule has 0 saturated heterocycles. The minimum Gasteiger partial charge on any atom is -0.399 e. The Bertz CT molecular complexity index is 526. The number of benzene rings is 2. The lowest BCUT2D eigenvalue weighted by Gasteiger charge is -2.25. The Kier molecular flexibility index (Phi) is 4.39. The van der Waals surface area contributed by atoms with E-state index in [1.54, 1.807) is 12.1 Å². The average molecular weight is 258 g/mol. The molecule has 0 saturated carbocycles. The minimum absolute atomic E-state index is 0.260. The smallest absolute Gasteiger partial charge is 0.148 e. The van der Waals surface area contributed by atoms with E-state index in [0.29, 0.717) is 17.9 Å². The van der Waals surface area contributed by atoms with E-state index in [2.05, 4.69) is 19.1 Å². The third kappa shape index (κ3) is 3.47. The molecule has 0 atom stereocenters.